The van der Waals surface area contributed by atoms with Crippen LogP contribution in [-0.2, 0) is 7.05 Å². The first-order valence-electron chi connectivity index (χ1n) is 16.7. The van der Waals surface area contributed by atoms with Gasteiger partial charge in [-0.25, -0.2) is 13.3 Å². The number of pyridine rings is 1. The number of hydrogen-bond acceptors (Lipinski definition) is 1. The molecular weight excluding hydrogens is 522 g/mol. The zero-order valence-electron chi connectivity index (χ0n) is 28.1. The molecule has 0 amide bonds. The maximum atomic E-state index is 14.6. The van der Waals surface area contributed by atoms with Crippen LogP contribution < -0.4 is 9.47 Å². The minimum Gasteiger partial charge on any atom is -0.371 e. The number of aromatic nitrogens is 1. The van der Waals surface area contributed by atoms with Crippen LogP contribution in [0, 0.1) is 23.5 Å². The number of hydrogen-bond donors (Lipinski definition) is 0. The van der Waals surface area contributed by atoms with E-state index in [0.29, 0.717) is 23.1 Å². The molecule has 3 aromatic rings. The Hall–Kier alpha value is -2.75. The van der Waals surface area contributed by atoms with Crippen molar-refractivity contribution in [2.75, 3.05) is 18.0 Å². The second-order valence-electron chi connectivity index (χ2n) is 10.8. The zero-order valence-corrected chi connectivity index (χ0v) is 28.1. The molecule has 0 aliphatic heterocycles. The Labute approximate surface area is 257 Å². The van der Waals surface area contributed by atoms with Gasteiger partial charge in [-0.3, -0.25) is 0 Å². The van der Waals surface area contributed by atoms with Gasteiger partial charge in [0.05, 0.1) is 5.56 Å². The number of rotatable bonds is 15. The van der Waals surface area contributed by atoms with Crippen LogP contribution in [0.25, 0.3) is 22.4 Å². The van der Waals surface area contributed by atoms with Gasteiger partial charge in [0, 0.05) is 37.0 Å². The van der Waals surface area contributed by atoms with Crippen LogP contribution >= 0.6 is 0 Å². The van der Waals surface area contributed by atoms with Crippen LogP contribution in [0.15, 0.2) is 60.8 Å². The van der Waals surface area contributed by atoms with Crippen molar-refractivity contribution in [2.45, 2.75) is 107 Å². The molecule has 42 heavy (non-hydrogen) atoms. The topological polar surface area (TPSA) is 7.12 Å². The molecule has 0 saturated carbocycles. The summed E-state index contributed by atoms with van der Waals surface area (Å²) in [6.07, 6.45) is 12.0. The van der Waals surface area contributed by atoms with Crippen molar-refractivity contribution in [3.05, 3.63) is 72.4 Å². The van der Waals surface area contributed by atoms with E-state index in [1.165, 1.54) is 69.2 Å². The van der Waals surface area contributed by atoms with Crippen molar-refractivity contribution >= 4 is 5.69 Å². The van der Waals surface area contributed by atoms with Gasteiger partial charge in [-0.15, -0.1) is 0 Å². The number of unbranched alkanes of at least 4 members (excludes halogenated alkanes) is 2. The van der Waals surface area contributed by atoms with E-state index < -0.39 is 11.6 Å². The van der Waals surface area contributed by atoms with Crippen LogP contribution in [0.5, 0.6) is 0 Å². The minimum absolute atomic E-state index is 0.397. The van der Waals surface area contributed by atoms with E-state index in [-0.39, 0.29) is 0 Å². The molecular formula is C38H59F2N2+. The Balaban J connectivity index is 0.00000211. The van der Waals surface area contributed by atoms with Crippen LogP contribution in [0.2, 0.25) is 0 Å². The zero-order chi connectivity index (χ0) is 31.5. The van der Waals surface area contributed by atoms with Crippen LogP contribution in [0.4, 0.5) is 14.5 Å². The summed E-state index contributed by atoms with van der Waals surface area (Å²) in [5.41, 5.74) is 4.51. The van der Waals surface area contributed by atoms with Crippen LogP contribution in [0.3, 0.4) is 0 Å². The van der Waals surface area contributed by atoms with Gasteiger partial charge in [0.25, 0.3) is 0 Å². The van der Waals surface area contributed by atoms with Crippen molar-refractivity contribution in [2.24, 2.45) is 18.9 Å². The molecule has 0 aliphatic carbocycles. The standard InChI is InChI=1S/C34H47F2N2.2C2H6/c1-6-10-12-26(8-3)24-38(25-27(9-4)13-11-7-2)31-17-14-28(15-18-31)29-20-21-37(5)34(22-29)32-19-16-30(35)23-33(32)36;2*1-2/h14-23,26-27H,6-13,24-25H2,1-5H3;2*1-2H3/q+1;;. The number of halogens is 2. The fourth-order valence-corrected chi connectivity index (χ4v) is 5.32. The summed E-state index contributed by atoms with van der Waals surface area (Å²) in [6, 6.07) is 16.7. The van der Waals surface area contributed by atoms with Gasteiger partial charge in [-0.2, -0.15) is 0 Å². The SMILES string of the molecule is CC.CC.CCCCC(CC)CN(CC(CC)CCCC)c1ccc(-c2cc[n+](C)c(-c3ccc(F)cc3F)c2)cc1. The van der Waals surface area contributed by atoms with E-state index in [0.717, 1.165) is 30.3 Å². The highest BCUT2D eigenvalue weighted by atomic mass is 19.1. The molecule has 0 fully saturated rings. The Bertz CT molecular complexity index is 1110. The van der Waals surface area contributed by atoms with Crippen molar-refractivity contribution in [1.29, 1.82) is 0 Å². The summed E-state index contributed by atoms with van der Waals surface area (Å²) in [5, 5.41) is 0. The summed E-state index contributed by atoms with van der Waals surface area (Å²) >= 11 is 0. The first kappa shape index (κ1) is 37.3. The summed E-state index contributed by atoms with van der Waals surface area (Å²) in [5.74, 6) is 0.303. The van der Waals surface area contributed by atoms with Crippen molar-refractivity contribution < 1.29 is 13.3 Å². The number of anilines is 1. The maximum Gasteiger partial charge on any atom is 0.215 e. The van der Waals surface area contributed by atoms with Gasteiger partial charge < -0.3 is 4.90 Å². The number of aryl methyl sites for hydroxylation is 1. The molecule has 2 atom stereocenters. The molecule has 234 valence electrons. The summed E-state index contributed by atoms with van der Waals surface area (Å²) < 4.78 is 29.9. The highest BCUT2D eigenvalue weighted by molar-refractivity contribution is 5.70. The number of nitrogens with zero attached hydrogens (tertiary/aromatic N) is 2. The van der Waals surface area contributed by atoms with Crippen LogP contribution in [0.1, 0.15) is 107 Å². The van der Waals surface area contributed by atoms with Crippen molar-refractivity contribution in [3.63, 3.8) is 0 Å². The lowest BCUT2D eigenvalue weighted by molar-refractivity contribution is -0.660. The average Bonchev–Trinajstić information content (AvgIpc) is 3.03. The molecule has 3 rings (SSSR count). The van der Waals surface area contributed by atoms with E-state index in [2.05, 4.69) is 56.9 Å². The summed E-state index contributed by atoms with van der Waals surface area (Å²) in [4.78, 5) is 2.63. The quantitative estimate of drug-likeness (QED) is 0.162. The molecule has 2 aromatic carbocycles. The monoisotopic (exact) mass is 581 g/mol. The molecule has 0 aliphatic rings. The Morgan fingerprint density at radius 1 is 0.690 bits per heavy atom. The normalized spacial score (nSPS) is 12.0. The summed E-state index contributed by atoms with van der Waals surface area (Å²) in [6.45, 7) is 19.4. The molecule has 1 heterocycles. The Kier molecular flexibility index (Phi) is 18.7. The van der Waals surface area contributed by atoms with Gasteiger partial charge in [-0.05, 0) is 60.1 Å². The third-order valence-corrected chi connectivity index (χ3v) is 7.97. The molecule has 2 nitrogen and oxygen atoms in total. The third kappa shape index (κ3) is 11.5. The van der Waals surface area contributed by atoms with Crippen molar-refractivity contribution in [3.8, 4) is 22.4 Å². The largest absolute Gasteiger partial charge is 0.371 e. The smallest absolute Gasteiger partial charge is 0.215 e. The van der Waals surface area contributed by atoms with E-state index in [1.54, 1.807) is 0 Å². The molecule has 0 N–H and O–H groups in total. The first-order chi connectivity index (χ1) is 20.4. The van der Waals surface area contributed by atoms with Gasteiger partial charge in [-0.1, -0.05) is 106 Å². The predicted molar refractivity (Wildman–Crippen MR) is 180 cm³/mol. The van der Waals surface area contributed by atoms with Gasteiger partial charge >= 0.3 is 0 Å². The van der Waals surface area contributed by atoms with E-state index in [1.807, 2.05) is 57.6 Å². The lowest BCUT2D eigenvalue weighted by atomic mass is 9.95. The fourth-order valence-electron chi connectivity index (χ4n) is 5.32. The molecule has 1 aromatic heterocycles. The summed E-state index contributed by atoms with van der Waals surface area (Å²) in [7, 11) is 1.88. The second-order valence-corrected chi connectivity index (χ2v) is 10.8. The first-order valence-corrected chi connectivity index (χ1v) is 16.7. The van der Waals surface area contributed by atoms with E-state index >= 15 is 0 Å². The molecule has 0 spiro atoms. The molecule has 4 heteroatoms. The van der Waals surface area contributed by atoms with Crippen molar-refractivity contribution in [1.82, 2.24) is 0 Å². The molecule has 0 saturated heterocycles. The third-order valence-electron chi connectivity index (χ3n) is 7.97. The lowest BCUT2D eigenvalue weighted by Crippen LogP contribution is -2.34. The molecule has 2 unspecified atom stereocenters. The second kappa shape index (κ2) is 21.0. The highest BCUT2D eigenvalue weighted by Crippen LogP contribution is 2.29. The Morgan fingerprint density at radius 2 is 1.24 bits per heavy atom. The van der Waals surface area contributed by atoms with Gasteiger partial charge in [0.1, 0.15) is 18.7 Å². The lowest BCUT2D eigenvalue weighted by Gasteiger charge is -2.32. The molecule has 0 radical (unpaired) electrons. The van der Waals surface area contributed by atoms with E-state index in [9.17, 15) is 8.78 Å². The van der Waals surface area contributed by atoms with E-state index in [4.69, 9.17) is 0 Å². The van der Waals surface area contributed by atoms with Crippen LogP contribution in [-0.4, -0.2) is 13.1 Å². The average molecular weight is 582 g/mol. The Morgan fingerprint density at radius 3 is 1.71 bits per heavy atom. The minimum atomic E-state index is -0.565. The highest BCUT2D eigenvalue weighted by Gasteiger charge is 2.19. The van der Waals surface area contributed by atoms with Gasteiger partial charge in [0.15, 0.2) is 6.20 Å². The maximum absolute atomic E-state index is 14.6. The number of benzene rings is 2. The molecule has 0 bridgehead atoms. The van der Waals surface area contributed by atoms with Gasteiger partial charge in [0.2, 0.25) is 5.69 Å². The fraction of sp³-hybridized carbons (Fsp3) is 0.553. The predicted octanol–water partition coefficient (Wildman–Crippen LogP) is 11.4.